The fourth-order valence-corrected chi connectivity index (χ4v) is 3.51. The number of esters is 2. The summed E-state index contributed by atoms with van der Waals surface area (Å²) in [6.07, 6.45) is -11.2. The summed E-state index contributed by atoms with van der Waals surface area (Å²) in [6.45, 7) is 0. The quantitative estimate of drug-likeness (QED) is 0.257. The molecule has 0 aliphatic rings. The first-order valence-corrected chi connectivity index (χ1v) is 10.4. The normalized spacial score (nSPS) is 15.1. The number of carbonyl (C=O) groups excluding carboxylic acids is 3. The zero-order chi connectivity index (χ0) is 28.4. The van der Waals surface area contributed by atoms with Crippen molar-refractivity contribution in [2.45, 2.75) is 23.6 Å². The van der Waals surface area contributed by atoms with E-state index in [0.29, 0.717) is 38.5 Å². The predicted octanol–water partition coefficient (Wildman–Crippen LogP) is 4.19. The Kier molecular flexibility index (Phi) is 8.62. The molecule has 0 saturated carbocycles. The minimum absolute atomic E-state index is 0.0561. The molecule has 1 amide bonds. The lowest BCUT2D eigenvalue weighted by Crippen LogP contribution is -2.69. The van der Waals surface area contributed by atoms with Gasteiger partial charge in [0.15, 0.2) is 0 Å². The van der Waals surface area contributed by atoms with Crippen molar-refractivity contribution in [2.75, 3.05) is 19.5 Å². The van der Waals surface area contributed by atoms with Crippen LogP contribution in [0.5, 0.6) is 0 Å². The lowest BCUT2D eigenvalue weighted by molar-refractivity contribution is -0.266. The van der Waals surface area contributed by atoms with Gasteiger partial charge in [-0.3, -0.25) is 4.79 Å². The molecular formula is C21H16Cl2F6N2O6. The van der Waals surface area contributed by atoms with Crippen LogP contribution in [0, 0.1) is 0 Å². The van der Waals surface area contributed by atoms with Gasteiger partial charge >= 0.3 is 30.0 Å². The van der Waals surface area contributed by atoms with Crippen LogP contribution < -0.4 is 10.6 Å². The number of hydrogen-bond acceptors (Lipinski definition) is 7. The van der Waals surface area contributed by atoms with Gasteiger partial charge in [-0.2, -0.15) is 26.3 Å². The Bertz CT molecular complexity index is 1190. The fraction of sp³-hybridized carbons (Fsp3) is 0.286. The molecule has 0 spiro atoms. The van der Waals surface area contributed by atoms with Gasteiger partial charge in [0.25, 0.3) is 11.5 Å². The highest BCUT2D eigenvalue weighted by Gasteiger charge is 2.64. The first kappa shape index (κ1) is 30.0. The Morgan fingerprint density at radius 1 is 0.838 bits per heavy atom. The van der Waals surface area contributed by atoms with Crippen LogP contribution in [-0.4, -0.2) is 55.2 Å². The summed E-state index contributed by atoms with van der Waals surface area (Å²) in [5, 5.41) is 12.9. The number of ether oxygens (including phenoxy) is 2. The number of aliphatic hydroxyl groups is 1. The molecule has 202 valence electrons. The number of amides is 1. The van der Waals surface area contributed by atoms with Crippen molar-refractivity contribution in [2.24, 2.45) is 0 Å². The van der Waals surface area contributed by atoms with E-state index < -0.39 is 58.3 Å². The van der Waals surface area contributed by atoms with E-state index in [1.807, 2.05) is 0 Å². The highest BCUT2D eigenvalue weighted by molar-refractivity contribution is 6.36. The van der Waals surface area contributed by atoms with Gasteiger partial charge in [-0.05, 0) is 30.3 Å². The zero-order valence-corrected chi connectivity index (χ0v) is 20.1. The molecule has 37 heavy (non-hydrogen) atoms. The Labute approximate surface area is 214 Å². The Morgan fingerprint density at radius 2 is 1.38 bits per heavy atom. The molecule has 0 saturated heterocycles. The summed E-state index contributed by atoms with van der Waals surface area (Å²) < 4.78 is 91.2. The second-order valence-electron chi connectivity index (χ2n) is 7.22. The SMILES string of the molecule is COC(=O)C(NC(=O)c1ccc(Cl)cc1Cl)(Nc1ccc(C(O)(C(=O)OC)C(F)(F)F)cc1)C(F)(F)F. The van der Waals surface area contributed by atoms with E-state index in [0.717, 1.165) is 18.2 Å². The molecule has 2 aromatic rings. The van der Waals surface area contributed by atoms with E-state index >= 15 is 0 Å². The topological polar surface area (TPSA) is 114 Å². The highest BCUT2D eigenvalue weighted by atomic mass is 35.5. The minimum atomic E-state index is -5.59. The second kappa shape index (κ2) is 10.6. The van der Waals surface area contributed by atoms with Crippen molar-refractivity contribution < 1.29 is 55.3 Å². The number of alkyl halides is 6. The second-order valence-corrected chi connectivity index (χ2v) is 8.06. The van der Waals surface area contributed by atoms with E-state index in [4.69, 9.17) is 23.2 Å². The Balaban J connectivity index is 2.57. The third-order valence-corrected chi connectivity index (χ3v) is 5.47. The average molecular weight is 577 g/mol. The number of methoxy groups -OCH3 is 2. The van der Waals surface area contributed by atoms with Crippen LogP contribution in [0.1, 0.15) is 15.9 Å². The molecule has 0 bridgehead atoms. The van der Waals surface area contributed by atoms with Crippen LogP contribution in [0.4, 0.5) is 32.0 Å². The van der Waals surface area contributed by atoms with Crippen molar-refractivity contribution in [3.63, 3.8) is 0 Å². The lowest BCUT2D eigenvalue weighted by Gasteiger charge is -2.35. The van der Waals surface area contributed by atoms with Crippen LogP contribution in [0.3, 0.4) is 0 Å². The highest BCUT2D eigenvalue weighted by Crippen LogP contribution is 2.41. The third kappa shape index (κ3) is 5.70. The summed E-state index contributed by atoms with van der Waals surface area (Å²) in [5.41, 5.74) is -10.4. The molecule has 2 atom stereocenters. The van der Waals surface area contributed by atoms with Gasteiger partial charge in [-0.1, -0.05) is 35.3 Å². The summed E-state index contributed by atoms with van der Waals surface area (Å²) in [4.78, 5) is 36.7. The van der Waals surface area contributed by atoms with Crippen molar-refractivity contribution in [1.29, 1.82) is 0 Å². The molecule has 3 N–H and O–H groups in total. The molecule has 2 rings (SSSR count). The van der Waals surface area contributed by atoms with Crippen LogP contribution in [-0.2, 0) is 24.7 Å². The minimum Gasteiger partial charge on any atom is -0.466 e. The summed E-state index contributed by atoms with van der Waals surface area (Å²) in [5.74, 6) is -5.65. The van der Waals surface area contributed by atoms with Crippen molar-refractivity contribution >= 4 is 46.7 Å². The van der Waals surface area contributed by atoms with Crippen molar-refractivity contribution in [3.05, 3.63) is 63.6 Å². The number of halogens is 8. The van der Waals surface area contributed by atoms with E-state index in [-0.39, 0.29) is 10.0 Å². The molecule has 0 aromatic heterocycles. The van der Waals surface area contributed by atoms with Crippen LogP contribution in [0.2, 0.25) is 10.0 Å². The van der Waals surface area contributed by atoms with Gasteiger partial charge < -0.3 is 25.2 Å². The van der Waals surface area contributed by atoms with Gasteiger partial charge in [-0.15, -0.1) is 0 Å². The molecule has 0 aliphatic heterocycles. The van der Waals surface area contributed by atoms with E-state index in [1.54, 1.807) is 5.32 Å². The third-order valence-electron chi connectivity index (χ3n) is 4.92. The van der Waals surface area contributed by atoms with Gasteiger partial charge in [-0.25, -0.2) is 9.59 Å². The summed E-state index contributed by atoms with van der Waals surface area (Å²) >= 11 is 11.6. The first-order valence-electron chi connectivity index (χ1n) is 9.63. The number of anilines is 1. The maximum Gasteiger partial charge on any atom is 0.441 e. The first-order chi connectivity index (χ1) is 16.9. The standard InChI is InChI=1S/C21H16Cl2F6N2O6/c1-36-16(33)18(35,20(24,25)26)10-3-6-12(7-4-10)30-19(17(34)37-2,21(27,28)29)31-15(32)13-8-5-11(22)9-14(13)23/h3-9,30,35H,1-2H3,(H,31,32). The molecule has 0 radical (unpaired) electrons. The van der Waals surface area contributed by atoms with E-state index in [1.165, 1.54) is 5.32 Å². The van der Waals surface area contributed by atoms with Crippen LogP contribution >= 0.6 is 23.2 Å². The maximum absolute atomic E-state index is 14.2. The number of benzene rings is 2. The lowest BCUT2D eigenvalue weighted by atomic mass is 9.93. The van der Waals surface area contributed by atoms with Gasteiger partial charge in [0.1, 0.15) is 0 Å². The largest absolute Gasteiger partial charge is 0.466 e. The molecule has 0 aliphatic carbocycles. The maximum atomic E-state index is 14.2. The Hall–Kier alpha value is -3.23. The van der Waals surface area contributed by atoms with Crippen LogP contribution in [0.15, 0.2) is 42.5 Å². The number of nitrogens with one attached hydrogen (secondary N) is 2. The number of hydrogen-bond donors (Lipinski definition) is 3. The van der Waals surface area contributed by atoms with Crippen molar-refractivity contribution in [1.82, 2.24) is 5.32 Å². The molecule has 0 heterocycles. The molecule has 16 heteroatoms. The monoisotopic (exact) mass is 576 g/mol. The number of carbonyl (C=O) groups is 3. The number of rotatable bonds is 7. The zero-order valence-electron chi connectivity index (χ0n) is 18.6. The van der Waals surface area contributed by atoms with E-state index in [2.05, 4.69) is 9.47 Å². The molecule has 8 nitrogen and oxygen atoms in total. The average Bonchev–Trinajstić information content (AvgIpc) is 2.80. The molecule has 2 unspecified atom stereocenters. The van der Waals surface area contributed by atoms with E-state index in [9.17, 15) is 45.8 Å². The smallest absolute Gasteiger partial charge is 0.441 e. The Morgan fingerprint density at radius 3 is 1.81 bits per heavy atom. The fourth-order valence-electron chi connectivity index (χ4n) is 3.01. The van der Waals surface area contributed by atoms with Crippen LogP contribution in [0.25, 0.3) is 0 Å². The summed E-state index contributed by atoms with van der Waals surface area (Å²) in [7, 11) is 1.17. The van der Waals surface area contributed by atoms with Crippen molar-refractivity contribution in [3.8, 4) is 0 Å². The van der Waals surface area contributed by atoms with Gasteiger partial charge in [0.05, 0.1) is 24.8 Å². The summed E-state index contributed by atoms with van der Waals surface area (Å²) in [6, 6.07) is 5.27. The molecular weight excluding hydrogens is 561 g/mol. The predicted molar refractivity (Wildman–Crippen MR) is 117 cm³/mol. The molecule has 0 fully saturated rings. The molecule has 2 aromatic carbocycles. The van der Waals surface area contributed by atoms with Gasteiger partial charge in [0, 0.05) is 16.3 Å². The van der Waals surface area contributed by atoms with Gasteiger partial charge in [0.2, 0.25) is 0 Å².